The standard InChI is InChI=1S/C25H28ClN3O/c1-16(30)27-22-7-5-17-2-3-20(23(17)14-22)15-29-10-8-18(9-11-29)24-12-19-4-6-21(26)13-25(19)28-24/h4-7,12-14,18,20,28H,2-3,8-11,15H2,1H3,(H,27,30). The number of amides is 1. The zero-order valence-corrected chi connectivity index (χ0v) is 18.1. The zero-order valence-electron chi connectivity index (χ0n) is 17.4. The van der Waals surface area contributed by atoms with Crippen LogP contribution in [0.1, 0.15) is 54.8 Å². The van der Waals surface area contributed by atoms with Crippen LogP contribution in [-0.4, -0.2) is 35.4 Å². The Bertz CT molecular complexity index is 1080. The molecule has 2 aromatic carbocycles. The molecule has 1 aliphatic carbocycles. The Labute approximate surface area is 182 Å². The molecule has 0 radical (unpaired) electrons. The first-order valence-electron chi connectivity index (χ1n) is 11.0. The van der Waals surface area contributed by atoms with Gasteiger partial charge in [-0.2, -0.15) is 0 Å². The molecule has 1 unspecified atom stereocenters. The topological polar surface area (TPSA) is 48.1 Å². The molecule has 1 fully saturated rings. The van der Waals surface area contributed by atoms with Crippen LogP contribution in [0.5, 0.6) is 0 Å². The van der Waals surface area contributed by atoms with Gasteiger partial charge in [-0.05, 0) is 91.5 Å². The first-order valence-corrected chi connectivity index (χ1v) is 11.3. The number of carbonyl (C=O) groups is 1. The highest BCUT2D eigenvalue weighted by Gasteiger charge is 2.28. The molecule has 30 heavy (non-hydrogen) atoms. The van der Waals surface area contributed by atoms with Crippen molar-refractivity contribution in [1.82, 2.24) is 9.88 Å². The number of H-pyrrole nitrogens is 1. The van der Waals surface area contributed by atoms with Gasteiger partial charge in [-0.3, -0.25) is 4.79 Å². The number of nitrogens with one attached hydrogen (secondary N) is 2. The summed E-state index contributed by atoms with van der Waals surface area (Å²) in [6.07, 6.45) is 4.73. The van der Waals surface area contributed by atoms with Crippen molar-refractivity contribution in [2.75, 3.05) is 25.0 Å². The maximum absolute atomic E-state index is 11.4. The van der Waals surface area contributed by atoms with Crippen LogP contribution in [0.15, 0.2) is 42.5 Å². The van der Waals surface area contributed by atoms with Crippen molar-refractivity contribution in [1.29, 1.82) is 0 Å². The van der Waals surface area contributed by atoms with Gasteiger partial charge in [0.2, 0.25) is 5.91 Å². The van der Waals surface area contributed by atoms with Gasteiger partial charge < -0.3 is 15.2 Å². The van der Waals surface area contributed by atoms with Gasteiger partial charge in [0.05, 0.1) is 0 Å². The largest absolute Gasteiger partial charge is 0.358 e. The number of hydrogen-bond acceptors (Lipinski definition) is 2. The fraction of sp³-hybridized carbons (Fsp3) is 0.400. The molecule has 0 bridgehead atoms. The van der Waals surface area contributed by atoms with E-state index < -0.39 is 0 Å². The smallest absolute Gasteiger partial charge is 0.221 e. The normalized spacial score (nSPS) is 19.9. The predicted octanol–water partition coefficient (Wildman–Crippen LogP) is 5.69. The number of nitrogens with zero attached hydrogens (tertiary/aromatic N) is 1. The molecule has 156 valence electrons. The van der Waals surface area contributed by atoms with Crippen molar-refractivity contribution in [3.05, 3.63) is 64.3 Å². The van der Waals surface area contributed by atoms with E-state index in [1.54, 1.807) is 6.92 Å². The van der Waals surface area contributed by atoms with E-state index in [0.717, 1.165) is 42.3 Å². The SMILES string of the molecule is CC(=O)Nc1ccc2c(c1)C(CN1CCC(c3cc4ccc(Cl)cc4[nH]3)CC1)CC2. The van der Waals surface area contributed by atoms with Crippen LogP contribution >= 0.6 is 11.6 Å². The molecule has 1 aromatic heterocycles. The van der Waals surface area contributed by atoms with Crippen molar-refractivity contribution in [2.24, 2.45) is 0 Å². The molecule has 0 spiro atoms. The van der Waals surface area contributed by atoms with Gasteiger partial charge in [0.25, 0.3) is 0 Å². The summed E-state index contributed by atoms with van der Waals surface area (Å²) < 4.78 is 0. The lowest BCUT2D eigenvalue weighted by Crippen LogP contribution is -2.35. The van der Waals surface area contributed by atoms with Crippen LogP contribution in [0, 0.1) is 0 Å². The molecule has 0 saturated carbocycles. The summed E-state index contributed by atoms with van der Waals surface area (Å²) in [5, 5.41) is 4.96. The minimum atomic E-state index is -0.00850. The first-order chi connectivity index (χ1) is 14.5. The summed E-state index contributed by atoms with van der Waals surface area (Å²) in [4.78, 5) is 17.6. The van der Waals surface area contributed by atoms with Gasteiger partial charge in [0, 0.05) is 41.3 Å². The number of likely N-dealkylation sites (tertiary alicyclic amines) is 1. The molecule has 5 rings (SSSR count). The highest BCUT2D eigenvalue weighted by atomic mass is 35.5. The van der Waals surface area contributed by atoms with Crippen molar-refractivity contribution in [2.45, 2.75) is 44.4 Å². The molecular formula is C25H28ClN3O. The van der Waals surface area contributed by atoms with Gasteiger partial charge in [-0.15, -0.1) is 0 Å². The lowest BCUT2D eigenvalue weighted by atomic mass is 9.92. The Morgan fingerprint density at radius 3 is 2.77 bits per heavy atom. The Balaban J connectivity index is 1.22. The second-order valence-corrected chi connectivity index (χ2v) is 9.30. The van der Waals surface area contributed by atoms with Gasteiger partial charge in [0.1, 0.15) is 0 Å². The van der Waals surface area contributed by atoms with Crippen molar-refractivity contribution in [3.8, 4) is 0 Å². The molecule has 1 aliphatic heterocycles. The van der Waals surface area contributed by atoms with Gasteiger partial charge in [-0.1, -0.05) is 23.7 Å². The molecule has 5 heteroatoms. The maximum Gasteiger partial charge on any atom is 0.221 e. The fourth-order valence-electron chi connectivity index (χ4n) is 5.24. The predicted molar refractivity (Wildman–Crippen MR) is 124 cm³/mol. The van der Waals surface area contributed by atoms with Crippen LogP contribution in [0.3, 0.4) is 0 Å². The van der Waals surface area contributed by atoms with Crippen molar-refractivity contribution >= 4 is 34.1 Å². The molecule has 2 aliphatic rings. The Morgan fingerprint density at radius 1 is 1.13 bits per heavy atom. The summed E-state index contributed by atoms with van der Waals surface area (Å²) in [6, 6.07) is 14.8. The Hall–Kier alpha value is -2.30. The minimum absolute atomic E-state index is 0.00850. The van der Waals surface area contributed by atoms with Crippen LogP contribution in [0.4, 0.5) is 5.69 Å². The third-order valence-corrected chi connectivity index (χ3v) is 7.01. The van der Waals surface area contributed by atoms with E-state index in [2.05, 4.69) is 39.5 Å². The lowest BCUT2D eigenvalue weighted by Gasteiger charge is -2.33. The molecule has 4 nitrogen and oxygen atoms in total. The van der Waals surface area contributed by atoms with Gasteiger partial charge >= 0.3 is 0 Å². The molecule has 2 N–H and O–H groups in total. The van der Waals surface area contributed by atoms with E-state index in [-0.39, 0.29) is 5.91 Å². The highest BCUT2D eigenvalue weighted by Crippen LogP contribution is 2.37. The van der Waals surface area contributed by atoms with Gasteiger partial charge in [0.15, 0.2) is 0 Å². The molecule has 1 amide bonds. The summed E-state index contributed by atoms with van der Waals surface area (Å²) >= 11 is 6.14. The van der Waals surface area contributed by atoms with Crippen LogP contribution in [0.2, 0.25) is 5.02 Å². The monoisotopic (exact) mass is 421 g/mol. The summed E-state index contributed by atoms with van der Waals surface area (Å²) in [5.74, 6) is 1.15. The highest BCUT2D eigenvalue weighted by molar-refractivity contribution is 6.31. The third-order valence-electron chi connectivity index (χ3n) is 6.78. The molecule has 3 aromatic rings. The summed E-state index contributed by atoms with van der Waals surface area (Å²) in [6.45, 7) is 4.96. The number of fused-ring (bicyclic) bond motifs is 2. The number of piperidine rings is 1. The maximum atomic E-state index is 11.4. The quantitative estimate of drug-likeness (QED) is 0.568. The number of aromatic nitrogens is 1. The average molecular weight is 422 g/mol. The number of aromatic amines is 1. The number of anilines is 1. The van der Waals surface area contributed by atoms with Gasteiger partial charge in [-0.25, -0.2) is 0 Å². The van der Waals surface area contributed by atoms with Crippen LogP contribution in [-0.2, 0) is 11.2 Å². The van der Waals surface area contributed by atoms with E-state index in [4.69, 9.17) is 11.6 Å². The minimum Gasteiger partial charge on any atom is -0.358 e. The Morgan fingerprint density at radius 2 is 1.97 bits per heavy atom. The summed E-state index contributed by atoms with van der Waals surface area (Å²) in [5.41, 5.74) is 6.28. The van der Waals surface area contributed by atoms with Crippen molar-refractivity contribution in [3.63, 3.8) is 0 Å². The van der Waals surface area contributed by atoms with E-state index in [1.807, 2.05) is 18.2 Å². The van der Waals surface area contributed by atoms with E-state index in [0.29, 0.717) is 11.8 Å². The molecule has 1 atom stereocenters. The Kier molecular flexibility index (Phi) is 5.30. The second-order valence-electron chi connectivity index (χ2n) is 8.86. The average Bonchev–Trinajstić information content (AvgIpc) is 3.32. The third kappa shape index (κ3) is 3.99. The number of benzene rings is 2. The number of carbonyl (C=O) groups excluding carboxylic acids is 1. The first kappa shape index (κ1) is 19.7. The number of hydrogen-bond donors (Lipinski definition) is 2. The number of halogens is 1. The number of rotatable bonds is 4. The van der Waals surface area contributed by atoms with E-state index in [9.17, 15) is 4.79 Å². The molecular weight excluding hydrogens is 394 g/mol. The van der Waals surface area contributed by atoms with Crippen LogP contribution in [0.25, 0.3) is 10.9 Å². The fourth-order valence-corrected chi connectivity index (χ4v) is 5.41. The summed E-state index contributed by atoms with van der Waals surface area (Å²) in [7, 11) is 0. The number of aryl methyl sites for hydroxylation is 1. The van der Waals surface area contributed by atoms with Crippen molar-refractivity contribution < 1.29 is 4.79 Å². The molecule has 1 saturated heterocycles. The second kappa shape index (κ2) is 8.09. The van der Waals surface area contributed by atoms with Crippen LogP contribution < -0.4 is 5.32 Å². The van der Waals surface area contributed by atoms with E-state index in [1.165, 1.54) is 41.5 Å². The van der Waals surface area contributed by atoms with E-state index >= 15 is 0 Å². The molecule has 2 heterocycles. The zero-order chi connectivity index (χ0) is 20.7. The lowest BCUT2D eigenvalue weighted by molar-refractivity contribution is -0.114.